The fraction of sp³-hybridized carbons (Fsp3) is 0.571. The van der Waals surface area contributed by atoms with Crippen molar-refractivity contribution in [1.82, 2.24) is 5.32 Å². The molecule has 1 nitrogen and oxygen atoms in total. The molecule has 0 aliphatic carbocycles. The molecule has 0 saturated heterocycles. The van der Waals surface area contributed by atoms with Crippen LogP contribution in [0.2, 0.25) is 0 Å². The summed E-state index contributed by atoms with van der Waals surface area (Å²) in [6.07, 6.45) is 1.27. The zero-order valence-electron chi connectivity index (χ0n) is 10.8. The number of hydrogen-bond donors (Lipinski definition) is 1. The Morgan fingerprint density at radius 3 is 1.87 bits per heavy atom. The second kappa shape index (κ2) is 7.47. The van der Waals surface area contributed by atoms with Gasteiger partial charge in [0.2, 0.25) is 0 Å². The van der Waals surface area contributed by atoms with E-state index in [9.17, 15) is 0 Å². The van der Waals surface area contributed by atoms with E-state index in [1.54, 1.807) is 0 Å². The largest absolute Gasteiger partial charge is 0.316 e. The highest BCUT2D eigenvalue weighted by Gasteiger charge is 2.03. The molecule has 1 aromatic carbocycles. The minimum Gasteiger partial charge on any atom is -0.316 e. The topological polar surface area (TPSA) is 12.0 Å². The predicted molar refractivity (Wildman–Crippen MR) is 69.0 cm³/mol. The number of hydrogen-bond acceptors (Lipinski definition) is 1. The summed E-state index contributed by atoms with van der Waals surface area (Å²) in [5, 5.41) is 3.08. The third-order valence-corrected chi connectivity index (χ3v) is 2.28. The quantitative estimate of drug-likeness (QED) is 0.776. The molecule has 0 amide bonds. The van der Waals surface area contributed by atoms with Crippen molar-refractivity contribution in [2.45, 2.75) is 40.7 Å². The standard InChI is InChI=1S/C8H11N.C6H14/c1-9-7-8-5-3-2-4-6-8;1-5-6(2,3)4/h2-6,9H,7H2,1H3;5H2,1-4H3. The van der Waals surface area contributed by atoms with Crippen LogP contribution in [0.1, 0.15) is 39.7 Å². The molecule has 0 aliphatic rings. The van der Waals surface area contributed by atoms with Crippen molar-refractivity contribution in [3.05, 3.63) is 35.9 Å². The summed E-state index contributed by atoms with van der Waals surface area (Å²) in [5.74, 6) is 0. The van der Waals surface area contributed by atoms with E-state index in [1.165, 1.54) is 12.0 Å². The maximum absolute atomic E-state index is 3.08. The van der Waals surface area contributed by atoms with E-state index in [0.717, 1.165) is 6.54 Å². The van der Waals surface area contributed by atoms with Crippen LogP contribution in [0.3, 0.4) is 0 Å². The van der Waals surface area contributed by atoms with Gasteiger partial charge in [0.1, 0.15) is 0 Å². The van der Waals surface area contributed by atoms with Crippen LogP contribution >= 0.6 is 0 Å². The van der Waals surface area contributed by atoms with E-state index in [0.29, 0.717) is 5.41 Å². The molecular formula is C14H25N. The van der Waals surface area contributed by atoms with Gasteiger partial charge in [-0.25, -0.2) is 0 Å². The highest BCUT2D eigenvalue weighted by atomic mass is 14.8. The third-order valence-electron chi connectivity index (χ3n) is 2.28. The van der Waals surface area contributed by atoms with Gasteiger partial charge in [0.25, 0.3) is 0 Å². The molecule has 86 valence electrons. The summed E-state index contributed by atoms with van der Waals surface area (Å²) in [7, 11) is 1.95. The van der Waals surface area contributed by atoms with Crippen molar-refractivity contribution in [2.24, 2.45) is 5.41 Å². The van der Waals surface area contributed by atoms with Crippen LogP contribution in [0, 0.1) is 5.41 Å². The SMILES string of the molecule is CCC(C)(C)C.CNCc1ccccc1. The van der Waals surface area contributed by atoms with Gasteiger partial charge in [-0.05, 0) is 18.0 Å². The summed E-state index contributed by atoms with van der Waals surface area (Å²) >= 11 is 0. The lowest BCUT2D eigenvalue weighted by Gasteiger charge is -2.12. The van der Waals surface area contributed by atoms with E-state index < -0.39 is 0 Å². The van der Waals surface area contributed by atoms with Crippen LogP contribution in [0.15, 0.2) is 30.3 Å². The van der Waals surface area contributed by atoms with Crippen molar-refractivity contribution in [3.8, 4) is 0 Å². The Labute approximate surface area is 94.9 Å². The molecule has 0 bridgehead atoms. The van der Waals surface area contributed by atoms with E-state index in [1.807, 2.05) is 25.2 Å². The van der Waals surface area contributed by atoms with Crippen LogP contribution in [-0.4, -0.2) is 7.05 Å². The van der Waals surface area contributed by atoms with Crippen molar-refractivity contribution in [3.63, 3.8) is 0 Å². The Bertz CT molecular complexity index is 233. The first kappa shape index (κ1) is 14.2. The smallest absolute Gasteiger partial charge is 0.0202 e. The molecule has 0 saturated carbocycles. The second-order valence-electron chi connectivity index (χ2n) is 4.93. The zero-order chi connectivity index (χ0) is 11.7. The van der Waals surface area contributed by atoms with Crippen molar-refractivity contribution in [2.75, 3.05) is 7.05 Å². The minimum absolute atomic E-state index is 0.542. The zero-order valence-corrected chi connectivity index (χ0v) is 10.8. The first-order valence-corrected chi connectivity index (χ1v) is 5.68. The van der Waals surface area contributed by atoms with Gasteiger partial charge in [-0.15, -0.1) is 0 Å². The Hall–Kier alpha value is -0.820. The molecule has 0 aromatic heterocycles. The third kappa shape index (κ3) is 9.48. The lowest BCUT2D eigenvalue weighted by molar-refractivity contribution is 0.398. The molecule has 0 radical (unpaired) electrons. The molecule has 15 heavy (non-hydrogen) atoms. The summed E-state index contributed by atoms with van der Waals surface area (Å²) in [6, 6.07) is 10.3. The average Bonchev–Trinajstić information content (AvgIpc) is 2.20. The minimum atomic E-state index is 0.542. The van der Waals surface area contributed by atoms with E-state index in [-0.39, 0.29) is 0 Å². The van der Waals surface area contributed by atoms with Gasteiger partial charge >= 0.3 is 0 Å². The molecule has 0 aliphatic heterocycles. The van der Waals surface area contributed by atoms with E-state index in [4.69, 9.17) is 0 Å². The number of benzene rings is 1. The van der Waals surface area contributed by atoms with Crippen LogP contribution in [0.25, 0.3) is 0 Å². The summed E-state index contributed by atoms with van der Waals surface area (Å²) in [4.78, 5) is 0. The number of nitrogens with one attached hydrogen (secondary N) is 1. The lowest BCUT2D eigenvalue weighted by Crippen LogP contribution is -2.04. The van der Waals surface area contributed by atoms with Crippen LogP contribution in [0.4, 0.5) is 0 Å². The van der Waals surface area contributed by atoms with Crippen molar-refractivity contribution in [1.29, 1.82) is 0 Å². The highest BCUT2D eigenvalue weighted by Crippen LogP contribution is 2.16. The second-order valence-corrected chi connectivity index (χ2v) is 4.93. The lowest BCUT2D eigenvalue weighted by atomic mass is 9.94. The Kier molecular flexibility index (Phi) is 7.06. The van der Waals surface area contributed by atoms with Crippen molar-refractivity contribution >= 4 is 0 Å². The van der Waals surface area contributed by atoms with Gasteiger partial charge in [0.05, 0.1) is 0 Å². The fourth-order valence-electron chi connectivity index (χ4n) is 0.800. The molecule has 0 atom stereocenters. The fourth-order valence-corrected chi connectivity index (χ4v) is 0.800. The highest BCUT2D eigenvalue weighted by molar-refractivity contribution is 5.13. The average molecular weight is 207 g/mol. The first-order valence-electron chi connectivity index (χ1n) is 5.68. The summed E-state index contributed by atoms with van der Waals surface area (Å²) in [5.41, 5.74) is 1.88. The van der Waals surface area contributed by atoms with Gasteiger partial charge in [-0.3, -0.25) is 0 Å². The Balaban J connectivity index is 0.000000288. The van der Waals surface area contributed by atoms with E-state index >= 15 is 0 Å². The maximum Gasteiger partial charge on any atom is 0.0202 e. The maximum atomic E-state index is 3.08. The molecule has 0 fully saturated rings. The number of rotatable bonds is 2. The van der Waals surface area contributed by atoms with Crippen LogP contribution in [-0.2, 0) is 6.54 Å². The van der Waals surface area contributed by atoms with Gasteiger partial charge in [-0.2, -0.15) is 0 Å². The molecular weight excluding hydrogens is 182 g/mol. The molecule has 1 N–H and O–H groups in total. The van der Waals surface area contributed by atoms with Crippen molar-refractivity contribution < 1.29 is 0 Å². The monoisotopic (exact) mass is 207 g/mol. The predicted octanol–water partition coefficient (Wildman–Crippen LogP) is 3.85. The van der Waals surface area contributed by atoms with Crippen LogP contribution in [0.5, 0.6) is 0 Å². The summed E-state index contributed by atoms with van der Waals surface area (Å²) in [6.45, 7) is 9.90. The molecule has 1 rings (SSSR count). The van der Waals surface area contributed by atoms with Gasteiger partial charge < -0.3 is 5.32 Å². The van der Waals surface area contributed by atoms with Gasteiger partial charge in [0.15, 0.2) is 0 Å². The van der Waals surface area contributed by atoms with E-state index in [2.05, 4.69) is 45.1 Å². The molecule has 0 spiro atoms. The van der Waals surface area contributed by atoms with Gasteiger partial charge in [-0.1, -0.05) is 64.4 Å². The van der Waals surface area contributed by atoms with Gasteiger partial charge in [0, 0.05) is 6.54 Å². The molecule has 0 heterocycles. The molecule has 0 unspecified atom stereocenters. The normalized spacial score (nSPS) is 10.5. The van der Waals surface area contributed by atoms with Crippen LogP contribution < -0.4 is 5.32 Å². The molecule has 1 aromatic rings. The Morgan fingerprint density at radius 2 is 1.53 bits per heavy atom. The molecule has 1 heteroatoms. The Morgan fingerprint density at radius 1 is 1.07 bits per heavy atom. The summed E-state index contributed by atoms with van der Waals surface area (Å²) < 4.78 is 0. The first-order chi connectivity index (χ1) is 6.99.